The quantitative estimate of drug-likeness (QED) is 0.203. The predicted molar refractivity (Wildman–Crippen MR) is 161 cm³/mol. The highest BCUT2D eigenvalue weighted by molar-refractivity contribution is 5.96. The van der Waals surface area contributed by atoms with Crippen LogP contribution in [0.4, 0.5) is 19.3 Å². The molecular formula is C32H39F2N5O5. The van der Waals surface area contributed by atoms with Crippen LogP contribution in [0.5, 0.6) is 0 Å². The highest BCUT2D eigenvalue weighted by Gasteiger charge is 2.29. The van der Waals surface area contributed by atoms with Gasteiger partial charge in [0.05, 0.1) is 43.3 Å². The van der Waals surface area contributed by atoms with Gasteiger partial charge in [-0.2, -0.15) is 0 Å². The Morgan fingerprint density at radius 3 is 2.39 bits per heavy atom. The van der Waals surface area contributed by atoms with Gasteiger partial charge in [-0.05, 0) is 66.8 Å². The number of nitrogens with zero attached hydrogens (tertiary/aromatic N) is 1. The lowest BCUT2D eigenvalue weighted by molar-refractivity contribution is -0.117. The number of amides is 2. The molecule has 2 heterocycles. The van der Waals surface area contributed by atoms with Gasteiger partial charge >= 0.3 is 6.09 Å². The molecule has 1 saturated heterocycles. The van der Waals surface area contributed by atoms with Gasteiger partial charge < -0.3 is 35.9 Å². The number of ether oxygens (including phenoxy) is 3. The number of alkyl carbamates (subject to hydrolysis) is 1. The molecule has 1 aromatic heterocycles. The number of hydrogen-bond donors (Lipinski definition) is 4. The average Bonchev–Trinajstić information content (AvgIpc) is 3.04. The van der Waals surface area contributed by atoms with E-state index in [1.54, 1.807) is 36.7 Å². The summed E-state index contributed by atoms with van der Waals surface area (Å²) in [6.45, 7) is 4.44. The maximum Gasteiger partial charge on any atom is 0.407 e. The first-order valence-corrected chi connectivity index (χ1v) is 14.7. The first-order valence-electron chi connectivity index (χ1n) is 14.7. The number of carbonyl (C=O) groups is 2. The molecule has 1 aliphatic rings. The molecule has 0 radical (unpaired) electrons. The van der Waals surface area contributed by atoms with Crippen LogP contribution in [0.2, 0.25) is 0 Å². The van der Waals surface area contributed by atoms with Gasteiger partial charge in [0, 0.05) is 31.8 Å². The Morgan fingerprint density at radius 1 is 1.09 bits per heavy atom. The highest BCUT2D eigenvalue weighted by atomic mass is 19.1. The van der Waals surface area contributed by atoms with Crippen molar-refractivity contribution >= 4 is 17.7 Å². The summed E-state index contributed by atoms with van der Waals surface area (Å²) in [7, 11) is 0. The normalized spacial score (nSPS) is 17.2. The number of carbonyl (C=O) groups excluding carboxylic acids is 2. The number of benzene rings is 2. The van der Waals surface area contributed by atoms with Crippen molar-refractivity contribution in [1.82, 2.24) is 15.6 Å². The Bertz CT molecular complexity index is 1290. The monoisotopic (exact) mass is 611 g/mol. The Kier molecular flexibility index (Phi) is 12.5. The molecule has 236 valence electrons. The van der Waals surface area contributed by atoms with Crippen molar-refractivity contribution in [2.45, 2.75) is 43.9 Å². The number of aromatic nitrogens is 1. The van der Waals surface area contributed by atoms with Gasteiger partial charge in [-0.25, -0.2) is 13.6 Å². The number of anilines is 1. The van der Waals surface area contributed by atoms with E-state index in [1.165, 1.54) is 24.3 Å². The van der Waals surface area contributed by atoms with Crippen LogP contribution in [0.15, 0.2) is 67.0 Å². The van der Waals surface area contributed by atoms with E-state index in [0.29, 0.717) is 62.6 Å². The van der Waals surface area contributed by atoms with E-state index in [9.17, 15) is 18.4 Å². The molecular weight excluding hydrogens is 572 g/mol. The molecule has 4 rings (SSSR count). The largest absolute Gasteiger partial charge is 0.448 e. The van der Waals surface area contributed by atoms with Crippen LogP contribution in [-0.2, 0) is 25.4 Å². The van der Waals surface area contributed by atoms with Crippen LogP contribution < -0.4 is 21.7 Å². The van der Waals surface area contributed by atoms with Crippen molar-refractivity contribution in [3.05, 3.63) is 95.3 Å². The van der Waals surface area contributed by atoms with E-state index in [1.807, 2.05) is 13.0 Å². The molecule has 2 amide bonds. The summed E-state index contributed by atoms with van der Waals surface area (Å²) < 4.78 is 43.7. The van der Waals surface area contributed by atoms with E-state index in [4.69, 9.17) is 19.9 Å². The minimum Gasteiger partial charge on any atom is -0.448 e. The van der Waals surface area contributed by atoms with E-state index in [0.717, 1.165) is 5.56 Å². The molecule has 3 atom stereocenters. The van der Waals surface area contributed by atoms with Crippen LogP contribution in [0, 0.1) is 11.6 Å². The minimum atomic E-state index is -1.06. The topological polar surface area (TPSA) is 137 Å². The molecule has 1 aliphatic heterocycles. The van der Waals surface area contributed by atoms with E-state index >= 15 is 0 Å². The van der Waals surface area contributed by atoms with Crippen molar-refractivity contribution in [3.8, 4) is 0 Å². The van der Waals surface area contributed by atoms with Crippen molar-refractivity contribution in [3.63, 3.8) is 0 Å². The van der Waals surface area contributed by atoms with Crippen molar-refractivity contribution in [2.75, 3.05) is 44.8 Å². The molecule has 10 nitrogen and oxygen atoms in total. The molecule has 0 bridgehead atoms. The second-order valence-corrected chi connectivity index (χ2v) is 10.4. The summed E-state index contributed by atoms with van der Waals surface area (Å²) in [5, 5.41) is 8.88. The first-order chi connectivity index (χ1) is 21.3. The van der Waals surface area contributed by atoms with Crippen LogP contribution >= 0.6 is 0 Å². The van der Waals surface area contributed by atoms with Gasteiger partial charge in [0.1, 0.15) is 18.2 Å². The van der Waals surface area contributed by atoms with Gasteiger partial charge in [0.15, 0.2) is 0 Å². The summed E-state index contributed by atoms with van der Waals surface area (Å²) >= 11 is 0. The Morgan fingerprint density at radius 2 is 1.77 bits per heavy atom. The van der Waals surface area contributed by atoms with Crippen LogP contribution in [0.25, 0.3) is 0 Å². The first kappa shape index (κ1) is 32.9. The van der Waals surface area contributed by atoms with Crippen LogP contribution in [0.1, 0.15) is 36.0 Å². The number of rotatable bonds is 14. The maximum absolute atomic E-state index is 13.6. The fourth-order valence-corrected chi connectivity index (χ4v) is 4.94. The molecule has 44 heavy (non-hydrogen) atoms. The lowest BCUT2D eigenvalue weighted by Gasteiger charge is -2.30. The van der Waals surface area contributed by atoms with Gasteiger partial charge in [0.25, 0.3) is 0 Å². The fraction of sp³-hybridized carbons (Fsp3) is 0.406. The highest BCUT2D eigenvalue weighted by Crippen LogP contribution is 2.29. The Balaban J connectivity index is 1.30. The standard InChI is InChI=1S/C32H39F2N5O5/c1-2-42-16-15-37-32(41)44-20-26-19-43-27(17-38-26)12-7-21-13-14-36-18-28(21)39-31(40)30(35)29(22-3-8-24(33)9-4-22)23-5-10-25(34)11-6-23/h3-6,8-11,13-14,18,26-27,29-30,38H,2,7,12,15-17,19-20,35H2,1H3,(H,37,41)(H,39,40)/t26-,27+,30-/m0/s1. The summed E-state index contributed by atoms with van der Waals surface area (Å²) in [5.74, 6) is -1.93. The molecule has 0 unspecified atom stereocenters. The second kappa shape index (κ2) is 16.8. The zero-order valence-electron chi connectivity index (χ0n) is 24.6. The number of nitrogens with two attached hydrogens (primary N) is 1. The fourth-order valence-electron chi connectivity index (χ4n) is 4.94. The number of halogens is 2. The van der Waals surface area contributed by atoms with Crippen molar-refractivity contribution < 1.29 is 32.6 Å². The molecule has 0 aliphatic carbocycles. The van der Waals surface area contributed by atoms with Crippen molar-refractivity contribution in [1.29, 1.82) is 0 Å². The molecule has 0 saturated carbocycles. The smallest absolute Gasteiger partial charge is 0.407 e. The third kappa shape index (κ3) is 9.78. The Hall–Kier alpha value is -3.97. The SMILES string of the molecule is CCOCCNC(=O)OC[C@@H]1CO[C@H](CCc2ccncc2NC(=O)[C@@H](N)C(c2ccc(F)cc2)c2ccc(F)cc2)CN1. The molecule has 3 aromatic rings. The second-order valence-electron chi connectivity index (χ2n) is 10.4. The predicted octanol–water partition coefficient (Wildman–Crippen LogP) is 3.51. The van der Waals surface area contributed by atoms with Gasteiger partial charge in [-0.1, -0.05) is 24.3 Å². The molecule has 5 N–H and O–H groups in total. The summed E-state index contributed by atoms with van der Waals surface area (Å²) in [6.07, 6.45) is 3.91. The van der Waals surface area contributed by atoms with Crippen LogP contribution in [-0.4, -0.2) is 74.7 Å². The van der Waals surface area contributed by atoms with Gasteiger partial charge in [0.2, 0.25) is 5.91 Å². The number of aryl methyl sites for hydroxylation is 1. The number of pyridine rings is 1. The third-order valence-corrected chi connectivity index (χ3v) is 7.33. The molecule has 2 aromatic carbocycles. The summed E-state index contributed by atoms with van der Waals surface area (Å²) in [4.78, 5) is 29.4. The van der Waals surface area contributed by atoms with Gasteiger partial charge in [-0.3, -0.25) is 9.78 Å². The lowest BCUT2D eigenvalue weighted by atomic mass is 9.85. The van der Waals surface area contributed by atoms with E-state index in [2.05, 4.69) is 20.9 Å². The maximum atomic E-state index is 13.6. The van der Waals surface area contributed by atoms with E-state index in [-0.39, 0.29) is 18.8 Å². The number of morpholine rings is 1. The average molecular weight is 612 g/mol. The third-order valence-electron chi connectivity index (χ3n) is 7.33. The summed E-state index contributed by atoms with van der Waals surface area (Å²) in [5.41, 5.74) is 9.13. The Labute approximate surface area is 255 Å². The summed E-state index contributed by atoms with van der Waals surface area (Å²) in [6, 6.07) is 12.1. The minimum absolute atomic E-state index is 0.0772. The van der Waals surface area contributed by atoms with Crippen molar-refractivity contribution in [2.24, 2.45) is 5.73 Å². The van der Waals surface area contributed by atoms with E-state index < -0.39 is 35.6 Å². The number of hydrogen-bond acceptors (Lipinski definition) is 8. The van der Waals surface area contributed by atoms with Gasteiger partial charge in [-0.15, -0.1) is 0 Å². The number of nitrogens with one attached hydrogen (secondary N) is 3. The molecule has 1 fully saturated rings. The zero-order valence-corrected chi connectivity index (χ0v) is 24.6. The zero-order chi connectivity index (χ0) is 31.3. The van der Waals surface area contributed by atoms with Crippen LogP contribution in [0.3, 0.4) is 0 Å². The molecule has 0 spiro atoms. The molecule has 12 heteroatoms. The lowest BCUT2D eigenvalue weighted by Crippen LogP contribution is -2.49.